The minimum absolute atomic E-state index is 0.0706. The maximum atomic E-state index is 14.1. The quantitative estimate of drug-likeness (QED) is 0.505. The second kappa shape index (κ2) is 9.72. The third kappa shape index (κ3) is 4.58. The number of morpholine rings is 1. The fraction of sp³-hybridized carbons (Fsp3) is 0.357. The molecular weight excluding hydrogens is 495 g/mol. The number of hydrogen-bond acceptors (Lipinski definition) is 6. The van der Waals surface area contributed by atoms with Gasteiger partial charge in [-0.2, -0.15) is 14.0 Å². The van der Waals surface area contributed by atoms with Crippen LogP contribution < -0.4 is 10.2 Å². The van der Waals surface area contributed by atoms with Crippen LogP contribution in [0.3, 0.4) is 0 Å². The Kier molecular flexibility index (Phi) is 6.57. The predicted octanol–water partition coefficient (Wildman–Crippen LogP) is 5.06. The normalized spacial score (nSPS) is 20.7. The first kappa shape index (κ1) is 25.7. The molecule has 2 aromatic heterocycles. The van der Waals surface area contributed by atoms with E-state index in [9.17, 15) is 23.2 Å². The van der Waals surface area contributed by atoms with Crippen LogP contribution in [0.25, 0.3) is 11.1 Å². The van der Waals surface area contributed by atoms with Gasteiger partial charge < -0.3 is 15.0 Å². The number of aromatic nitrogens is 2. The van der Waals surface area contributed by atoms with Crippen molar-refractivity contribution >= 4 is 17.3 Å². The maximum absolute atomic E-state index is 14.1. The van der Waals surface area contributed by atoms with Crippen LogP contribution in [0.4, 0.5) is 24.5 Å². The van der Waals surface area contributed by atoms with Gasteiger partial charge >= 0.3 is 0 Å². The molecule has 0 bridgehead atoms. The van der Waals surface area contributed by atoms with Crippen molar-refractivity contribution in [1.82, 2.24) is 9.97 Å². The lowest BCUT2D eigenvalue weighted by atomic mass is 9.74. The molecular formula is C28H26F3N5O2. The van der Waals surface area contributed by atoms with E-state index in [0.717, 1.165) is 35.4 Å². The fourth-order valence-electron chi connectivity index (χ4n) is 5.09. The van der Waals surface area contributed by atoms with Crippen molar-refractivity contribution < 1.29 is 22.7 Å². The minimum atomic E-state index is -3.16. The Morgan fingerprint density at radius 2 is 2.11 bits per heavy atom. The second-order valence-corrected chi connectivity index (χ2v) is 9.85. The molecule has 0 saturated carbocycles. The Morgan fingerprint density at radius 1 is 1.29 bits per heavy atom. The number of pyridine rings is 2. The van der Waals surface area contributed by atoms with Gasteiger partial charge in [-0.3, -0.25) is 14.8 Å². The SMILES string of the molecule is Cc1ccc(NC(=O)c2ccnc(C(C)(F)F)c2)cc1-c1cnc2c(c1)N1CCOC[C@@H]1[C@](C#N)(CF)C2. The summed E-state index contributed by atoms with van der Waals surface area (Å²) in [5.41, 5.74) is 2.92. The summed E-state index contributed by atoms with van der Waals surface area (Å²) in [7, 11) is 0. The topological polar surface area (TPSA) is 91.1 Å². The summed E-state index contributed by atoms with van der Waals surface area (Å²) in [6.45, 7) is 3.13. The van der Waals surface area contributed by atoms with E-state index in [2.05, 4.69) is 21.4 Å². The molecule has 10 heteroatoms. The number of alkyl halides is 3. The summed E-state index contributed by atoms with van der Waals surface area (Å²) in [6, 6.07) is 11.6. The zero-order valence-electron chi connectivity index (χ0n) is 21.0. The van der Waals surface area contributed by atoms with Crippen molar-refractivity contribution in [2.75, 3.05) is 36.6 Å². The number of benzene rings is 1. The summed E-state index contributed by atoms with van der Waals surface area (Å²) in [5.74, 6) is -3.70. The molecule has 0 spiro atoms. The molecule has 196 valence electrons. The van der Waals surface area contributed by atoms with E-state index in [1.54, 1.807) is 18.3 Å². The summed E-state index contributed by atoms with van der Waals surface area (Å²) in [4.78, 5) is 23.1. The van der Waals surface area contributed by atoms with Gasteiger partial charge in [-0.05, 0) is 48.4 Å². The van der Waals surface area contributed by atoms with Gasteiger partial charge in [-0.15, -0.1) is 0 Å². The van der Waals surface area contributed by atoms with Crippen LogP contribution >= 0.6 is 0 Å². The molecule has 2 atom stereocenters. The van der Waals surface area contributed by atoms with Crippen molar-refractivity contribution in [2.24, 2.45) is 5.41 Å². The van der Waals surface area contributed by atoms with Gasteiger partial charge in [0.25, 0.3) is 11.8 Å². The lowest BCUT2D eigenvalue weighted by Crippen LogP contribution is -2.59. The maximum Gasteiger partial charge on any atom is 0.286 e. The average molecular weight is 522 g/mol. The van der Waals surface area contributed by atoms with Gasteiger partial charge in [0.05, 0.1) is 36.7 Å². The van der Waals surface area contributed by atoms with E-state index < -0.39 is 35.7 Å². The summed E-state index contributed by atoms with van der Waals surface area (Å²) in [5, 5.41) is 12.6. The molecule has 1 amide bonds. The molecule has 2 aliphatic heterocycles. The fourth-order valence-corrected chi connectivity index (χ4v) is 5.09. The van der Waals surface area contributed by atoms with Crippen LogP contribution in [-0.4, -0.2) is 48.4 Å². The van der Waals surface area contributed by atoms with Gasteiger partial charge in [0.15, 0.2) is 0 Å². The standard InChI is InChI=1S/C28H26F3N5O2/c1-17-3-4-20(35-26(37)18-5-6-33-24(10-18)27(2,30)31)11-21(17)19-9-23-22(34-13-19)12-28(15-29,16-32)25-14-38-8-7-36(23)25/h3-6,9-11,13,25H,7-8,12,14-15H2,1-2H3,(H,35,37)/t25-,28+/m1/s1. The molecule has 0 unspecified atom stereocenters. The molecule has 1 aromatic carbocycles. The van der Waals surface area contributed by atoms with Crippen LogP contribution in [0.15, 0.2) is 48.8 Å². The molecule has 1 fully saturated rings. The molecule has 4 heterocycles. The first-order valence-corrected chi connectivity index (χ1v) is 12.2. The van der Waals surface area contributed by atoms with E-state index in [4.69, 9.17) is 4.74 Å². The van der Waals surface area contributed by atoms with Crippen molar-refractivity contribution in [3.05, 3.63) is 71.3 Å². The number of carbonyl (C=O) groups is 1. The smallest absolute Gasteiger partial charge is 0.286 e. The lowest BCUT2D eigenvalue weighted by Gasteiger charge is -2.48. The van der Waals surface area contributed by atoms with E-state index in [1.165, 1.54) is 12.3 Å². The molecule has 0 aliphatic carbocycles. The number of hydrogen-bond donors (Lipinski definition) is 1. The van der Waals surface area contributed by atoms with Crippen molar-refractivity contribution in [3.63, 3.8) is 0 Å². The number of amides is 1. The number of rotatable bonds is 5. The first-order valence-electron chi connectivity index (χ1n) is 12.2. The van der Waals surface area contributed by atoms with Crippen molar-refractivity contribution in [3.8, 4) is 17.2 Å². The lowest BCUT2D eigenvalue weighted by molar-refractivity contribution is 0.0127. The minimum Gasteiger partial charge on any atom is -0.377 e. The number of nitriles is 1. The number of fused-ring (bicyclic) bond motifs is 3. The molecule has 3 aromatic rings. The second-order valence-electron chi connectivity index (χ2n) is 9.85. The van der Waals surface area contributed by atoms with E-state index >= 15 is 0 Å². The number of carbonyl (C=O) groups excluding carboxylic acids is 1. The highest BCUT2D eigenvalue weighted by molar-refractivity contribution is 6.04. The Morgan fingerprint density at radius 3 is 2.84 bits per heavy atom. The molecule has 1 saturated heterocycles. The third-order valence-electron chi connectivity index (χ3n) is 7.25. The third-order valence-corrected chi connectivity index (χ3v) is 7.25. The Labute approximate surface area is 218 Å². The van der Waals surface area contributed by atoms with E-state index in [0.29, 0.717) is 24.5 Å². The molecule has 38 heavy (non-hydrogen) atoms. The molecule has 7 nitrogen and oxygen atoms in total. The monoisotopic (exact) mass is 521 g/mol. The van der Waals surface area contributed by atoms with Crippen molar-refractivity contribution in [1.29, 1.82) is 5.26 Å². The predicted molar refractivity (Wildman–Crippen MR) is 136 cm³/mol. The number of nitrogens with zero attached hydrogens (tertiary/aromatic N) is 4. The van der Waals surface area contributed by atoms with Gasteiger partial charge in [-0.1, -0.05) is 6.07 Å². The van der Waals surface area contributed by atoms with Crippen LogP contribution in [0.2, 0.25) is 0 Å². The van der Waals surface area contributed by atoms with Crippen molar-refractivity contribution in [2.45, 2.75) is 32.2 Å². The summed E-state index contributed by atoms with van der Waals surface area (Å²) in [6.07, 6.45) is 3.07. The van der Waals surface area contributed by atoms with E-state index in [-0.39, 0.29) is 18.6 Å². The number of anilines is 2. The number of halogens is 3. The van der Waals surface area contributed by atoms with Crippen LogP contribution in [0.5, 0.6) is 0 Å². The number of ether oxygens (including phenoxy) is 1. The summed E-state index contributed by atoms with van der Waals surface area (Å²) >= 11 is 0. The van der Waals surface area contributed by atoms with Crippen LogP contribution in [0, 0.1) is 23.7 Å². The largest absolute Gasteiger partial charge is 0.377 e. The molecule has 0 radical (unpaired) electrons. The Bertz CT molecular complexity index is 1430. The molecule has 1 N–H and O–H groups in total. The van der Waals surface area contributed by atoms with Crippen LogP contribution in [0.1, 0.15) is 34.2 Å². The Balaban J connectivity index is 1.46. The summed E-state index contributed by atoms with van der Waals surface area (Å²) < 4.78 is 47.1. The first-order chi connectivity index (χ1) is 18.1. The average Bonchev–Trinajstić information content (AvgIpc) is 2.93. The number of aryl methyl sites for hydroxylation is 1. The Hall–Kier alpha value is -3.97. The number of nitrogens with one attached hydrogen (secondary N) is 1. The van der Waals surface area contributed by atoms with Gasteiger partial charge in [-0.25, -0.2) is 4.39 Å². The highest BCUT2D eigenvalue weighted by Crippen LogP contribution is 2.43. The van der Waals surface area contributed by atoms with Crippen LogP contribution in [-0.2, 0) is 17.1 Å². The highest BCUT2D eigenvalue weighted by atomic mass is 19.3. The van der Waals surface area contributed by atoms with Gasteiger partial charge in [0.1, 0.15) is 17.8 Å². The zero-order valence-corrected chi connectivity index (χ0v) is 21.0. The molecule has 2 aliphatic rings. The highest BCUT2D eigenvalue weighted by Gasteiger charge is 2.49. The van der Waals surface area contributed by atoms with E-state index in [1.807, 2.05) is 24.0 Å². The van der Waals surface area contributed by atoms with Gasteiger partial charge in [0.2, 0.25) is 0 Å². The van der Waals surface area contributed by atoms with Gasteiger partial charge in [0, 0.05) is 49.1 Å². The zero-order chi connectivity index (χ0) is 27.1. The molecule has 5 rings (SSSR count).